The van der Waals surface area contributed by atoms with Gasteiger partial charge in [0.05, 0.1) is 45.6 Å². The van der Waals surface area contributed by atoms with E-state index >= 15 is 0 Å². The number of thioether (sulfide) groups is 1. The normalized spacial score (nSPS) is 10.2. The topological polar surface area (TPSA) is 170 Å². The zero-order chi connectivity index (χ0) is 30.8. The molecule has 2 aromatic heterocycles. The predicted octanol–water partition coefficient (Wildman–Crippen LogP) is 4.63. The van der Waals surface area contributed by atoms with E-state index in [0.29, 0.717) is 34.2 Å². The number of amides is 3. The van der Waals surface area contributed by atoms with Crippen molar-refractivity contribution in [2.75, 3.05) is 44.8 Å². The predicted molar refractivity (Wildman–Crippen MR) is 160 cm³/mol. The van der Waals surface area contributed by atoms with Crippen LogP contribution >= 0.6 is 11.8 Å². The Bertz CT molecular complexity index is 1640. The summed E-state index contributed by atoms with van der Waals surface area (Å²) in [5.41, 5.74) is 1.38. The Labute approximate surface area is 251 Å². The molecule has 0 aliphatic rings. The van der Waals surface area contributed by atoms with Gasteiger partial charge in [-0.05, 0) is 36.4 Å². The summed E-state index contributed by atoms with van der Waals surface area (Å²) in [7, 11) is 5.96. The molecule has 4 aromatic rings. The number of aromatic nitrogens is 3. The number of nitrogens with zero attached hydrogens (tertiary/aromatic N) is 4. The number of pyridine rings is 1. The lowest BCUT2D eigenvalue weighted by molar-refractivity contribution is -0.117. The third-order valence-corrected chi connectivity index (χ3v) is 6.64. The molecule has 43 heavy (non-hydrogen) atoms. The van der Waals surface area contributed by atoms with Gasteiger partial charge in [0, 0.05) is 11.8 Å². The molecule has 0 saturated heterocycles. The first-order chi connectivity index (χ1) is 20.9. The van der Waals surface area contributed by atoms with Gasteiger partial charge >= 0.3 is 6.03 Å². The molecule has 0 fully saturated rings. The van der Waals surface area contributed by atoms with Crippen LogP contribution in [0.25, 0.3) is 11.3 Å². The highest BCUT2D eigenvalue weighted by molar-refractivity contribution is 7.99. The van der Waals surface area contributed by atoms with Gasteiger partial charge in [-0.15, -0.1) is 0 Å². The van der Waals surface area contributed by atoms with Gasteiger partial charge in [0.15, 0.2) is 22.5 Å². The van der Waals surface area contributed by atoms with E-state index in [-0.39, 0.29) is 33.8 Å². The average Bonchev–Trinajstić information content (AvgIpc) is 3.03. The number of benzene rings is 2. The number of urea groups is 1. The minimum absolute atomic E-state index is 0.115. The van der Waals surface area contributed by atoms with E-state index < -0.39 is 11.9 Å². The van der Waals surface area contributed by atoms with Crippen molar-refractivity contribution in [1.82, 2.24) is 20.3 Å². The van der Waals surface area contributed by atoms with Gasteiger partial charge in [-0.2, -0.15) is 5.26 Å². The minimum atomic E-state index is -0.735. The fraction of sp³-hybridized carbons (Fsp3) is 0.172. The fourth-order valence-electron chi connectivity index (χ4n) is 3.88. The van der Waals surface area contributed by atoms with Crippen LogP contribution < -0.4 is 34.9 Å². The number of carbonyl (C=O) groups excluding carboxylic acids is 2. The van der Waals surface area contributed by atoms with Crippen LogP contribution in [-0.4, -0.2) is 61.1 Å². The first-order valence-electron chi connectivity index (χ1n) is 12.6. The van der Waals surface area contributed by atoms with Crippen molar-refractivity contribution in [2.45, 2.75) is 5.16 Å². The molecule has 0 spiro atoms. The summed E-state index contributed by atoms with van der Waals surface area (Å²) in [6.07, 6.45) is 1.51. The van der Waals surface area contributed by atoms with Crippen LogP contribution in [0.2, 0.25) is 0 Å². The molecular weight excluding hydrogens is 574 g/mol. The highest BCUT2D eigenvalue weighted by atomic mass is 32.2. The summed E-state index contributed by atoms with van der Waals surface area (Å²) in [6, 6.07) is 16.9. The molecule has 14 heteroatoms. The summed E-state index contributed by atoms with van der Waals surface area (Å²) < 4.78 is 21.9. The molecule has 13 nitrogen and oxygen atoms in total. The molecule has 0 saturated carbocycles. The zero-order valence-corrected chi connectivity index (χ0v) is 24.4. The number of nitriles is 1. The van der Waals surface area contributed by atoms with Crippen LogP contribution in [0.15, 0.2) is 66.0 Å². The van der Waals surface area contributed by atoms with Crippen LogP contribution in [0.5, 0.6) is 23.0 Å². The number of carbonyl (C=O) groups is 2. The number of hydrogen-bond donors (Lipinski definition) is 3. The third-order valence-electron chi connectivity index (χ3n) is 5.79. The molecule has 0 radical (unpaired) electrons. The van der Waals surface area contributed by atoms with Crippen molar-refractivity contribution in [2.24, 2.45) is 0 Å². The molecule has 0 unspecified atom stereocenters. The van der Waals surface area contributed by atoms with Gasteiger partial charge in [0.2, 0.25) is 11.7 Å². The largest absolute Gasteiger partial charge is 0.495 e. The Morgan fingerprint density at radius 2 is 1.60 bits per heavy atom. The van der Waals surface area contributed by atoms with Crippen LogP contribution in [0.4, 0.5) is 22.1 Å². The van der Waals surface area contributed by atoms with Gasteiger partial charge < -0.3 is 24.3 Å². The zero-order valence-electron chi connectivity index (χ0n) is 23.6. The number of rotatable bonds is 11. The van der Waals surface area contributed by atoms with Gasteiger partial charge in [-0.1, -0.05) is 30.0 Å². The van der Waals surface area contributed by atoms with Crippen LogP contribution in [0.1, 0.15) is 5.56 Å². The van der Waals surface area contributed by atoms with Gasteiger partial charge in [-0.3, -0.25) is 15.4 Å². The molecule has 0 aliphatic carbocycles. The van der Waals surface area contributed by atoms with E-state index in [0.717, 1.165) is 11.8 Å². The number of nitrogens with one attached hydrogen (secondary N) is 3. The Kier molecular flexibility index (Phi) is 10.2. The van der Waals surface area contributed by atoms with Gasteiger partial charge in [0.25, 0.3) is 0 Å². The minimum Gasteiger partial charge on any atom is -0.495 e. The molecule has 3 N–H and O–H groups in total. The average molecular weight is 602 g/mol. The number of hydrogen-bond acceptors (Lipinski definition) is 12. The van der Waals surface area contributed by atoms with Crippen molar-refractivity contribution in [3.05, 3.63) is 66.4 Å². The first-order valence-corrected chi connectivity index (χ1v) is 13.6. The molecule has 2 heterocycles. The summed E-state index contributed by atoms with van der Waals surface area (Å²) in [5, 5.41) is 18.3. The fourth-order valence-corrected chi connectivity index (χ4v) is 4.52. The van der Waals surface area contributed by atoms with E-state index in [1.165, 1.54) is 34.6 Å². The summed E-state index contributed by atoms with van der Waals surface area (Å²) in [6.45, 7) is 0. The van der Waals surface area contributed by atoms with Crippen molar-refractivity contribution in [3.63, 3.8) is 0 Å². The maximum absolute atomic E-state index is 12.6. The van der Waals surface area contributed by atoms with Crippen LogP contribution in [-0.2, 0) is 4.79 Å². The number of methoxy groups -OCH3 is 4. The lowest BCUT2D eigenvalue weighted by Gasteiger charge is -2.17. The monoisotopic (exact) mass is 601 g/mol. The maximum Gasteiger partial charge on any atom is 0.327 e. The van der Waals surface area contributed by atoms with E-state index in [4.69, 9.17) is 18.9 Å². The first kappa shape index (κ1) is 30.4. The highest BCUT2D eigenvalue weighted by Gasteiger charge is 2.22. The molecular formula is C29H27N7O6S. The van der Waals surface area contributed by atoms with Crippen molar-refractivity contribution in [3.8, 4) is 40.3 Å². The second kappa shape index (κ2) is 14.4. The second-order valence-electron chi connectivity index (χ2n) is 8.44. The molecule has 2 aromatic carbocycles. The van der Waals surface area contributed by atoms with Crippen LogP contribution in [0, 0.1) is 11.3 Å². The van der Waals surface area contributed by atoms with E-state index in [1.54, 1.807) is 54.6 Å². The summed E-state index contributed by atoms with van der Waals surface area (Å²) in [5.74, 6) is 1.25. The lowest BCUT2D eigenvalue weighted by Crippen LogP contribution is -2.35. The third kappa shape index (κ3) is 7.40. The van der Waals surface area contributed by atoms with Crippen molar-refractivity contribution < 1.29 is 28.5 Å². The summed E-state index contributed by atoms with van der Waals surface area (Å²) >= 11 is 0.969. The smallest absolute Gasteiger partial charge is 0.327 e. The van der Waals surface area contributed by atoms with E-state index in [1.807, 2.05) is 0 Å². The SMILES string of the molecule is COc1ccccc1Nc1nc(SCC(=O)NC(=O)Nc2ccccn2)nc(-c2cc(OC)c(OC)c(OC)c2)c1C#N. The summed E-state index contributed by atoms with van der Waals surface area (Å²) in [4.78, 5) is 37.9. The molecule has 0 atom stereocenters. The Balaban J connectivity index is 1.70. The number of anilines is 3. The Hall–Kier alpha value is -5.55. The van der Waals surface area contributed by atoms with E-state index in [2.05, 4.69) is 37.0 Å². The molecule has 0 bridgehead atoms. The van der Waals surface area contributed by atoms with Crippen molar-refractivity contribution >= 4 is 41.0 Å². The number of imide groups is 1. The Morgan fingerprint density at radius 1 is 0.907 bits per heavy atom. The number of para-hydroxylation sites is 2. The number of ether oxygens (including phenoxy) is 4. The highest BCUT2D eigenvalue weighted by Crippen LogP contribution is 2.42. The van der Waals surface area contributed by atoms with Gasteiger partial charge in [-0.25, -0.2) is 19.7 Å². The second-order valence-corrected chi connectivity index (χ2v) is 9.38. The van der Waals surface area contributed by atoms with Gasteiger partial charge in [0.1, 0.15) is 23.2 Å². The van der Waals surface area contributed by atoms with E-state index in [9.17, 15) is 14.9 Å². The standard InChI is InChI=1S/C29H27N7O6S/c1-39-20-10-6-5-9-19(20)32-27-18(15-30)25(17-13-21(40-2)26(42-4)22(14-17)41-3)35-29(36-27)43-16-24(37)34-28(38)33-23-11-7-8-12-31-23/h5-14H,16H2,1-4H3,(H,32,35,36)(H2,31,33,34,37,38). The lowest BCUT2D eigenvalue weighted by atomic mass is 10.1. The molecule has 220 valence electrons. The van der Waals surface area contributed by atoms with Crippen LogP contribution in [0.3, 0.4) is 0 Å². The Morgan fingerprint density at radius 3 is 2.23 bits per heavy atom. The maximum atomic E-state index is 12.6. The van der Waals surface area contributed by atoms with Crippen molar-refractivity contribution in [1.29, 1.82) is 5.26 Å². The molecule has 4 rings (SSSR count). The quantitative estimate of drug-likeness (QED) is 0.161. The molecule has 0 aliphatic heterocycles. The molecule has 3 amide bonds.